The summed E-state index contributed by atoms with van der Waals surface area (Å²) in [6.07, 6.45) is 24.8. The van der Waals surface area contributed by atoms with Crippen molar-refractivity contribution >= 4 is 57.4 Å². The minimum absolute atomic E-state index is 0.0883. The molecule has 18 heteroatoms. The second-order valence-corrected chi connectivity index (χ2v) is 15.9. The Bertz CT molecular complexity index is 2470. The molecule has 18 nitrogen and oxygen atoms in total. The van der Waals surface area contributed by atoms with Gasteiger partial charge in [-0.15, -0.1) is 6.42 Å². The van der Waals surface area contributed by atoms with Crippen LogP contribution in [0.2, 0.25) is 0 Å². The van der Waals surface area contributed by atoms with Gasteiger partial charge in [0.2, 0.25) is 11.9 Å². The van der Waals surface area contributed by atoms with Gasteiger partial charge in [-0.2, -0.15) is 10.1 Å². The molecular formula is C46H57N13O5. The largest absolute Gasteiger partial charge is 0.424 e. The number of unbranched alkanes of at least 4 members (excludes halogenated alkanes) is 8. The van der Waals surface area contributed by atoms with Gasteiger partial charge < -0.3 is 35.2 Å². The number of ether oxygens (including phenoxy) is 2. The normalized spacial score (nSPS) is 12.9. The first kappa shape index (κ1) is 45.4. The summed E-state index contributed by atoms with van der Waals surface area (Å²) >= 11 is 0. The minimum Gasteiger partial charge on any atom is -0.424 e. The number of hydrogen-bond donors (Lipinski definition) is 2. The van der Waals surface area contributed by atoms with Crippen molar-refractivity contribution < 1.29 is 23.5 Å². The number of nitrogens with zero attached hydrogens (tertiary/aromatic N) is 11. The number of carbonyl (C=O) groups is 2. The predicted octanol–water partition coefficient (Wildman–Crippen LogP) is 6.24. The second kappa shape index (κ2) is 23.2. The molecule has 0 bridgehead atoms. The molecule has 6 aromatic rings. The zero-order valence-electron chi connectivity index (χ0n) is 36.4. The number of ketones is 2. The molecule has 0 aliphatic carbocycles. The average molecular weight is 872 g/mol. The number of aryl methyl sites for hydroxylation is 1. The highest BCUT2D eigenvalue weighted by molar-refractivity contribution is 5.99. The summed E-state index contributed by atoms with van der Waals surface area (Å²) in [6, 6.07) is 5.66. The van der Waals surface area contributed by atoms with Crippen LogP contribution in [0.1, 0.15) is 99.4 Å². The molecule has 4 N–H and O–H groups in total. The third kappa shape index (κ3) is 12.5. The van der Waals surface area contributed by atoms with Crippen LogP contribution in [0.5, 0.6) is 0 Å². The SMILES string of the molecule is C#Cc1cnc(N2CCN(c3ncc(C(=O)CCCCCCCCCOCCOCCC(=O)CCCCCn4nc(-c5ccc6oc(N)nc6c5)c5c(N)ncnc54)cn3)CC2)nc1. The summed E-state index contributed by atoms with van der Waals surface area (Å²) in [7, 11) is 0. The lowest BCUT2D eigenvalue weighted by atomic mass is 10.0. The van der Waals surface area contributed by atoms with Crippen LogP contribution in [0.15, 0.2) is 53.7 Å². The first-order valence-electron chi connectivity index (χ1n) is 22.3. The van der Waals surface area contributed by atoms with Crippen LogP contribution in [0, 0.1) is 12.3 Å². The maximum atomic E-state index is 12.7. The number of nitrogen functional groups attached to an aromatic ring is 2. The molecule has 1 aliphatic rings. The lowest BCUT2D eigenvalue weighted by Gasteiger charge is -2.34. The first-order valence-corrected chi connectivity index (χ1v) is 22.3. The molecule has 7 rings (SSSR count). The van der Waals surface area contributed by atoms with Crippen LogP contribution in [-0.2, 0) is 20.8 Å². The van der Waals surface area contributed by atoms with Crippen molar-refractivity contribution in [3.05, 3.63) is 60.4 Å². The third-order valence-electron chi connectivity index (χ3n) is 11.3. The minimum atomic E-state index is 0.0883. The molecule has 0 radical (unpaired) electrons. The fourth-order valence-electron chi connectivity index (χ4n) is 7.69. The average Bonchev–Trinajstić information content (AvgIpc) is 3.90. The number of carbonyl (C=O) groups excluding carboxylic acids is 2. The van der Waals surface area contributed by atoms with Gasteiger partial charge in [0, 0.05) is 88.9 Å². The number of fused-ring (bicyclic) bond motifs is 2. The van der Waals surface area contributed by atoms with Crippen molar-refractivity contribution in [2.45, 2.75) is 90.0 Å². The number of anilines is 4. The molecule has 0 spiro atoms. The lowest BCUT2D eigenvalue weighted by molar-refractivity contribution is -0.120. The standard InChI is InChI=1S/C46H57N13O5/c1-2-33-28-49-45(50-29-33)57-19-21-58(22-20-57)46-51-30-35(31-52-46)38(61)14-10-6-4-3-5-7-12-23-62-25-26-63-24-17-36(60)13-9-8-11-18-59-43-40(42(47)53-32-54-43)41(56-59)34-15-16-39-37(27-34)55-44(48)64-39/h1,15-16,27-32H,3-14,17-26H2,(H2,48,55)(H2,47,53,54). The van der Waals surface area contributed by atoms with Crippen LogP contribution in [0.25, 0.3) is 33.4 Å². The van der Waals surface area contributed by atoms with Crippen LogP contribution in [-0.4, -0.2) is 109 Å². The zero-order valence-corrected chi connectivity index (χ0v) is 36.4. The molecule has 1 saturated heterocycles. The van der Waals surface area contributed by atoms with Gasteiger partial charge in [0.15, 0.2) is 17.0 Å². The maximum absolute atomic E-state index is 12.7. The molecule has 0 saturated carbocycles. The number of nitrogens with two attached hydrogens (primary N) is 2. The molecular weight excluding hydrogens is 815 g/mol. The number of benzene rings is 1. The molecule has 6 heterocycles. The molecule has 1 aliphatic heterocycles. The fraction of sp³-hybridized carbons (Fsp3) is 0.478. The zero-order chi connectivity index (χ0) is 44.5. The van der Waals surface area contributed by atoms with E-state index in [1.165, 1.54) is 6.33 Å². The number of rotatable bonds is 26. The summed E-state index contributed by atoms with van der Waals surface area (Å²) < 4.78 is 18.6. The lowest BCUT2D eigenvalue weighted by Crippen LogP contribution is -2.47. The van der Waals surface area contributed by atoms with Crippen molar-refractivity contribution in [1.82, 2.24) is 44.7 Å². The Morgan fingerprint density at radius 2 is 1.36 bits per heavy atom. The van der Waals surface area contributed by atoms with E-state index in [1.807, 2.05) is 16.8 Å². The van der Waals surface area contributed by atoms with Gasteiger partial charge in [-0.25, -0.2) is 34.6 Å². The van der Waals surface area contributed by atoms with Gasteiger partial charge in [0.1, 0.15) is 29.1 Å². The van der Waals surface area contributed by atoms with Crippen LogP contribution < -0.4 is 21.3 Å². The molecule has 0 unspecified atom stereocenters. The molecule has 1 aromatic carbocycles. The van der Waals surface area contributed by atoms with Crippen molar-refractivity contribution in [3.8, 4) is 23.6 Å². The highest BCUT2D eigenvalue weighted by Crippen LogP contribution is 2.32. The number of piperazine rings is 1. The van der Waals surface area contributed by atoms with E-state index in [0.717, 1.165) is 96.0 Å². The third-order valence-corrected chi connectivity index (χ3v) is 11.3. The summed E-state index contributed by atoms with van der Waals surface area (Å²) in [4.78, 5) is 60.0. The second-order valence-electron chi connectivity index (χ2n) is 15.9. The topological polar surface area (TPSA) is 232 Å². The Morgan fingerprint density at radius 1 is 0.719 bits per heavy atom. The summed E-state index contributed by atoms with van der Waals surface area (Å²) in [5.41, 5.74) is 16.6. The summed E-state index contributed by atoms with van der Waals surface area (Å²) in [6.45, 7) is 5.70. The van der Waals surface area contributed by atoms with E-state index in [2.05, 4.69) is 50.6 Å². The van der Waals surface area contributed by atoms with Crippen molar-refractivity contribution in [2.24, 2.45) is 0 Å². The van der Waals surface area contributed by atoms with Gasteiger partial charge in [0.05, 0.1) is 36.3 Å². The molecule has 64 heavy (non-hydrogen) atoms. The smallest absolute Gasteiger partial charge is 0.292 e. The number of terminal acetylenes is 1. The van der Waals surface area contributed by atoms with Gasteiger partial charge in [-0.05, 0) is 43.9 Å². The molecule has 1 fully saturated rings. The van der Waals surface area contributed by atoms with Gasteiger partial charge in [-0.1, -0.05) is 44.4 Å². The predicted molar refractivity (Wildman–Crippen MR) is 245 cm³/mol. The number of oxazole rings is 1. The Morgan fingerprint density at radius 3 is 2.08 bits per heavy atom. The maximum Gasteiger partial charge on any atom is 0.292 e. The monoisotopic (exact) mass is 871 g/mol. The molecule has 336 valence electrons. The molecule has 0 amide bonds. The van der Waals surface area contributed by atoms with Crippen molar-refractivity contribution in [1.29, 1.82) is 0 Å². The summed E-state index contributed by atoms with van der Waals surface area (Å²) in [5, 5.41) is 5.52. The van der Waals surface area contributed by atoms with E-state index in [0.29, 0.717) is 109 Å². The van der Waals surface area contributed by atoms with Gasteiger partial charge >= 0.3 is 0 Å². The summed E-state index contributed by atoms with van der Waals surface area (Å²) in [5.74, 6) is 4.47. The van der Waals surface area contributed by atoms with Crippen LogP contribution in [0.4, 0.5) is 23.7 Å². The van der Waals surface area contributed by atoms with Crippen LogP contribution in [0.3, 0.4) is 0 Å². The Balaban J connectivity index is 0.653. The van der Waals surface area contributed by atoms with Gasteiger partial charge in [-0.3, -0.25) is 9.59 Å². The molecule has 5 aromatic heterocycles. The fourth-order valence-corrected chi connectivity index (χ4v) is 7.69. The number of Topliss-reactive ketones (excluding diaryl/α,β-unsaturated/α-hetero) is 2. The first-order chi connectivity index (χ1) is 31.4. The van der Waals surface area contributed by atoms with Crippen molar-refractivity contribution in [3.63, 3.8) is 0 Å². The van der Waals surface area contributed by atoms with E-state index < -0.39 is 0 Å². The Labute approximate surface area is 372 Å². The Kier molecular flexibility index (Phi) is 16.5. The van der Waals surface area contributed by atoms with E-state index in [1.54, 1.807) is 30.9 Å². The van der Waals surface area contributed by atoms with E-state index in [9.17, 15) is 9.59 Å². The van der Waals surface area contributed by atoms with Crippen molar-refractivity contribution in [2.75, 3.05) is 73.9 Å². The number of hydrogen-bond acceptors (Lipinski definition) is 17. The Hall–Kier alpha value is -6.58. The number of aromatic nitrogens is 9. The molecule has 0 atom stereocenters. The highest BCUT2D eigenvalue weighted by Gasteiger charge is 2.22. The van der Waals surface area contributed by atoms with E-state index in [-0.39, 0.29) is 17.6 Å². The van der Waals surface area contributed by atoms with Gasteiger partial charge in [0.25, 0.3) is 6.01 Å². The highest BCUT2D eigenvalue weighted by atomic mass is 16.5. The van der Waals surface area contributed by atoms with Crippen LogP contribution >= 0.6 is 0 Å². The van der Waals surface area contributed by atoms with E-state index >= 15 is 0 Å². The quantitative estimate of drug-likeness (QED) is 0.0349. The van der Waals surface area contributed by atoms with E-state index in [4.69, 9.17) is 36.9 Å².